The number of benzene rings is 1. The molecule has 4 rings (SSSR count). The van der Waals surface area contributed by atoms with Crippen LogP contribution in [-0.4, -0.2) is 25.9 Å². The number of hydrogen-bond acceptors (Lipinski definition) is 4. The molecular weight excluding hydrogens is 321 g/mol. The van der Waals surface area contributed by atoms with Gasteiger partial charge in [0.25, 0.3) is 5.91 Å². The Balaban J connectivity index is 1.66. The van der Waals surface area contributed by atoms with Gasteiger partial charge in [0.15, 0.2) is 5.69 Å². The van der Waals surface area contributed by atoms with Crippen molar-refractivity contribution in [2.75, 3.05) is 5.32 Å². The van der Waals surface area contributed by atoms with E-state index in [4.69, 9.17) is 0 Å². The summed E-state index contributed by atoms with van der Waals surface area (Å²) in [5, 5.41) is 10.9. The van der Waals surface area contributed by atoms with Crippen molar-refractivity contribution in [1.82, 2.24) is 20.0 Å². The quantitative estimate of drug-likeness (QED) is 0.793. The highest BCUT2D eigenvalue weighted by atomic mass is 19.1. The highest BCUT2D eigenvalue weighted by Gasteiger charge is 2.34. The van der Waals surface area contributed by atoms with E-state index in [1.165, 1.54) is 12.1 Å². The Bertz CT molecular complexity index is 914. The third-order valence-electron chi connectivity index (χ3n) is 4.11. The fourth-order valence-corrected chi connectivity index (χ4v) is 2.66. The van der Waals surface area contributed by atoms with E-state index >= 15 is 0 Å². The number of carbonyl (C=O) groups excluding carboxylic acids is 1. The highest BCUT2D eigenvalue weighted by molar-refractivity contribution is 6.03. The number of anilines is 1. The Morgan fingerprint density at radius 3 is 2.60 bits per heavy atom. The molecule has 1 aliphatic rings. The predicted octanol–water partition coefficient (Wildman–Crippen LogP) is 3.24. The number of rotatable bonds is 4. The van der Waals surface area contributed by atoms with Crippen LogP contribution in [0.5, 0.6) is 0 Å². The van der Waals surface area contributed by atoms with Gasteiger partial charge in [0, 0.05) is 12.1 Å². The van der Waals surface area contributed by atoms with Gasteiger partial charge in [-0.2, -0.15) is 0 Å². The van der Waals surface area contributed by atoms with Crippen molar-refractivity contribution in [3.8, 4) is 5.69 Å². The van der Waals surface area contributed by atoms with Crippen LogP contribution in [0.2, 0.25) is 0 Å². The zero-order valence-electron chi connectivity index (χ0n) is 13.6. The van der Waals surface area contributed by atoms with Crippen LogP contribution >= 0.6 is 0 Å². The maximum Gasteiger partial charge on any atom is 0.279 e. The Kier molecular flexibility index (Phi) is 3.76. The molecule has 2 heterocycles. The van der Waals surface area contributed by atoms with Gasteiger partial charge in [0.05, 0.1) is 11.4 Å². The van der Waals surface area contributed by atoms with Gasteiger partial charge in [0.1, 0.15) is 11.6 Å². The third-order valence-corrected chi connectivity index (χ3v) is 4.11. The predicted molar refractivity (Wildman–Crippen MR) is 90.2 cm³/mol. The van der Waals surface area contributed by atoms with Crippen LogP contribution in [0.3, 0.4) is 0 Å². The van der Waals surface area contributed by atoms with Crippen molar-refractivity contribution in [1.29, 1.82) is 0 Å². The number of hydrogen-bond donors (Lipinski definition) is 1. The topological polar surface area (TPSA) is 72.7 Å². The number of halogens is 1. The second-order valence-electron chi connectivity index (χ2n) is 6.16. The molecule has 1 aliphatic carbocycles. The molecule has 3 aromatic rings. The molecule has 2 aromatic heterocycles. The van der Waals surface area contributed by atoms with E-state index in [1.54, 1.807) is 29.1 Å². The first-order valence-electron chi connectivity index (χ1n) is 8.07. The van der Waals surface area contributed by atoms with E-state index < -0.39 is 0 Å². The minimum Gasteiger partial charge on any atom is -0.305 e. The van der Waals surface area contributed by atoms with Crippen molar-refractivity contribution < 1.29 is 9.18 Å². The summed E-state index contributed by atoms with van der Waals surface area (Å²) in [5.41, 5.74) is 2.74. The van der Waals surface area contributed by atoms with E-state index in [9.17, 15) is 9.18 Å². The molecule has 0 saturated heterocycles. The average Bonchev–Trinajstić information content (AvgIpc) is 3.36. The van der Waals surface area contributed by atoms with E-state index in [-0.39, 0.29) is 23.3 Å². The molecule has 0 spiro atoms. The SMILES string of the molecule is Cc1ccc(NC(=O)c2nnn(-c3ccc(F)cc3)c2C2CC2)nc1. The standard InChI is InChI=1S/C18H16FN5O/c1-11-2-9-15(20-10-11)21-18(25)16-17(12-3-4-12)24(23-22-16)14-7-5-13(19)6-8-14/h2,5-10,12H,3-4H2,1H3,(H,20,21,25). The van der Waals surface area contributed by atoms with Gasteiger partial charge >= 0.3 is 0 Å². The Hall–Kier alpha value is -3.09. The summed E-state index contributed by atoms with van der Waals surface area (Å²) in [6.07, 6.45) is 3.65. The van der Waals surface area contributed by atoms with Crippen LogP contribution in [0, 0.1) is 12.7 Å². The molecule has 0 atom stereocenters. The molecule has 6 nitrogen and oxygen atoms in total. The molecule has 1 aromatic carbocycles. The highest BCUT2D eigenvalue weighted by Crippen LogP contribution is 2.42. The Morgan fingerprint density at radius 1 is 1.20 bits per heavy atom. The normalized spacial score (nSPS) is 13.7. The molecule has 1 amide bonds. The summed E-state index contributed by atoms with van der Waals surface area (Å²) in [7, 11) is 0. The van der Waals surface area contributed by atoms with Crippen LogP contribution in [-0.2, 0) is 0 Å². The molecule has 25 heavy (non-hydrogen) atoms. The van der Waals surface area contributed by atoms with Gasteiger partial charge in [-0.3, -0.25) is 4.79 Å². The number of aromatic nitrogens is 4. The summed E-state index contributed by atoms with van der Waals surface area (Å²) in [5.74, 6) is 0.0484. The summed E-state index contributed by atoms with van der Waals surface area (Å²) in [4.78, 5) is 16.8. The average molecular weight is 337 g/mol. The maximum atomic E-state index is 13.2. The minimum atomic E-state index is -0.341. The summed E-state index contributed by atoms with van der Waals surface area (Å²) in [6, 6.07) is 9.60. The smallest absolute Gasteiger partial charge is 0.279 e. The van der Waals surface area contributed by atoms with E-state index in [2.05, 4.69) is 20.6 Å². The molecule has 1 fully saturated rings. The lowest BCUT2D eigenvalue weighted by Crippen LogP contribution is -2.16. The number of amides is 1. The van der Waals surface area contributed by atoms with E-state index in [1.807, 2.05) is 13.0 Å². The lowest BCUT2D eigenvalue weighted by molar-refractivity contribution is 0.102. The number of nitrogens with one attached hydrogen (secondary N) is 1. The van der Waals surface area contributed by atoms with Crippen molar-refractivity contribution in [2.24, 2.45) is 0 Å². The van der Waals surface area contributed by atoms with Crippen LogP contribution in [0.25, 0.3) is 5.69 Å². The van der Waals surface area contributed by atoms with Crippen LogP contribution < -0.4 is 5.32 Å². The first-order chi connectivity index (χ1) is 12.1. The Labute approximate surface area is 143 Å². The number of pyridine rings is 1. The fraction of sp³-hybridized carbons (Fsp3) is 0.222. The largest absolute Gasteiger partial charge is 0.305 e. The molecular formula is C18H16FN5O. The summed E-state index contributed by atoms with van der Waals surface area (Å²) < 4.78 is 14.8. The minimum absolute atomic E-state index is 0.242. The number of nitrogens with zero attached hydrogens (tertiary/aromatic N) is 4. The second-order valence-corrected chi connectivity index (χ2v) is 6.16. The molecule has 0 radical (unpaired) electrons. The van der Waals surface area contributed by atoms with Crippen LogP contribution in [0.15, 0.2) is 42.6 Å². The van der Waals surface area contributed by atoms with Crippen molar-refractivity contribution >= 4 is 11.7 Å². The van der Waals surface area contributed by atoms with Gasteiger partial charge in [-0.25, -0.2) is 14.1 Å². The monoisotopic (exact) mass is 337 g/mol. The van der Waals surface area contributed by atoms with E-state index in [0.717, 1.165) is 24.1 Å². The van der Waals surface area contributed by atoms with Gasteiger partial charge in [-0.15, -0.1) is 5.10 Å². The van der Waals surface area contributed by atoms with E-state index in [0.29, 0.717) is 11.5 Å². The summed E-state index contributed by atoms with van der Waals surface area (Å²) in [6.45, 7) is 1.93. The van der Waals surface area contributed by atoms with Crippen molar-refractivity contribution in [3.05, 3.63) is 65.4 Å². The molecule has 0 aliphatic heterocycles. The number of carbonyl (C=O) groups is 1. The first-order valence-corrected chi connectivity index (χ1v) is 8.07. The maximum absolute atomic E-state index is 13.2. The first kappa shape index (κ1) is 15.4. The third kappa shape index (κ3) is 3.13. The fourth-order valence-electron chi connectivity index (χ4n) is 2.66. The van der Waals surface area contributed by atoms with Gasteiger partial charge in [-0.1, -0.05) is 11.3 Å². The van der Waals surface area contributed by atoms with Gasteiger partial charge < -0.3 is 5.32 Å². The second kappa shape index (κ2) is 6.08. The molecule has 1 saturated carbocycles. The lowest BCUT2D eigenvalue weighted by Gasteiger charge is -2.07. The Morgan fingerprint density at radius 2 is 1.96 bits per heavy atom. The zero-order chi connectivity index (χ0) is 17.4. The van der Waals surface area contributed by atoms with Gasteiger partial charge in [-0.05, 0) is 55.7 Å². The molecule has 1 N–H and O–H groups in total. The van der Waals surface area contributed by atoms with Crippen molar-refractivity contribution in [3.63, 3.8) is 0 Å². The lowest BCUT2D eigenvalue weighted by atomic mass is 10.2. The molecule has 7 heteroatoms. The zero-order valence-corrected chi connectivity index (χ0v) is 13.6. The van der Waals surface area contributed by atoms with Crippen LogP contribution in [0.4, 0.5) is 10.2 Å². The molecule has 0 bridgehead atoms. The summed E-state index contributed by atoms with van der Waals surface area (Å²) >= 11 is 0. The van der Waals surface area contributed by atoms with Crippen molar-refractivity contribution in [2.45, 2.75) is 25.7 Å². The number of aryl methyl sites for hydroxylation is 1. The van der Waals surface area contributed by atoms with Crippen LogP contribution in [0.1, 0.15) is 40.5 Å². The molecule has 0 unspecified atom stereocenters. The van der Waals surface area contributed by atoms with Gasteiger partial charge in [0.2, 0.25) is 0 Å². The molecule has 126 valence electrons.